The van der Waals surface area contributed by atoms with Crippen molar-refractivity contribution >= 4 is 11.9 Å². The molecule has 1 aromatic rings. The monoisotopic (exact) mass is 303 g/mol. The van der Waals surface area contributed by atoms with Crippen LogP contribution >= 0.6 is 0 Å². The molecule has 0 heterocycles. The average Bonchev–Trinajstić information content (AvgIpc) is 3.26. The van der Waals surface area contributed by atoms with E-state index >= 15 is 0 Å². The van der Waals surface area contributed by atoms with Gasteiger partial charge in [-0.3, -0.25) is 9.59 Å². The molecule has 1 fully saturated rings. The Balaban J connectivity index is 2.37. The van der Waals surface area contributed by atoms with Crippen molar-refractivity contribution in [3.63, 3.8) is 0 Å². The van der Waals surface area contributed by atoms with Gasteiger partial charge in [0.1, 0.15) is 0 Å². The van der Waals surface area contributed by atoms with Crippen molar-refractivity contribution in [3.05, 3.63) is 35.4 Å². The summed E-state index contributed by atoms with van der Waals surface area (Å²) in [7, 11) is 0. The van der Waals surface area contributed by atoms with Crippen LogP contribution in [0.25, 0.3) is 0 Å². The molecule has 2 atom stereocenters. The summed E-state index contributed by atoms with van der Waals surface area (Å²) in [6.45, 7) is 9.38. The van der Waals surface area contributed by atoms with Gasteiger partial charge in [0.05, 0.1) is 17.9 Å². The van der Waals surface area contributed by atoms with Crippen LogP contribution in [0.4, 0.5) is 0 Å². The van der Waals surface area contributed by atoms with Gasteiger partial charge in [-0.2, -0.15) is 0 Å². The van der Waals surface area contributed by atoms with Crippen LogP contribution in [0.15, 0.2) is 24.3 Å². The van der Waals surface area contributed by atoms with Gasteiger partial charge in [0.2, 0.25) is 5.91 Å². The van der Waals surface area contributed by atoms with Gasteiger partial charge in [-0.05, 0) is 39.7 Å². The quantitative estimate of drug-likeness (QED) is 0.759. The highest BCUT2D eigenvalue weighted by Gasteiger charge is 2.66. The van der Waals surface area contributed by atoms with E-state index in [0.717, 1.165) is 11.1 Å². The minimum atomic E-state index is -0.730. The van der Waals surface area contributed by atoms with E-state index in [1.54, 1.807) is 11.8 Å². The molecule has 0 aromatic heterocycles. The Kier molecular flexibility index (Phi) is 4.89. The third-order valence-electron chi connectivity index (χ3n) is 4.53. The van der Waals surface area contributed by atoms with Crippen LogP contribution in [0, 0.1) is 12.8 Å². The molecule has 1 saturated carbocycles. The van der Waals surface area contributed by atoms with Gasteiger partial charge in [0.15, 0.2) is 0 Å². The van der Waals surface area contributed by atoms with E-state index in [4.69, 9.17) is 4.74 Å². The zero-order valence-electron chi connectivity index (χ0n) is 13.9. The summed E-state index contributed by atoms with van der Waals surface area (Å²) in [5.41, 5.74) is 1.34. The number of aryl methyl sites for hydroxylation is 1. The highest BCUT2D eigenvalue weighted by Crippen LogP contribution is 2.56. The van der Waals surface area contributed by atoms with Gasteiger partial charge in [-0.1, -0.05) is 29.8 Å². The molecule has 4 heteroatoms. The van der Waals surface area contributed by atoms with Crippen LogP contribution in [0.2, 0.25) is 0 Å². The summed E-state index contributed by atoms with van der Waals surface area (Å²) < 4.78 is 5.15. The van der Waals surface area contributed by atoms with Gasteiger partial charge in [-0.15, -0.1) is 0 Å². The summed E-state index contributed by atoms with van der Waals surface area (Å²) in [5.74, 6) is -0.578. The SMILES string of the molecule is CCOC(=O)[C@@H]1C[C@@]1(C(=O)N(CC)CC)c1ccc(C)cc1. The maximum Gasteiger partial charge on any atom is 0.310 e. The number of carbonyl (C=O) groups excluding carboxylic acids is 2. The largest absolute Gasteiger partial charge is 0.466 e. The summed E-state index contributed by atoms with van der Waals surface area (Å²) in [4.78, 5) is 27.0. The first-order chi connectivity index (χ1) is 10.5. The first-order valence-electron chi connectivity index (χ1n) is 8.04. The lowest BCUT2D eigenvalue weighted by Gasteiger charge is -2.26. The molecule has 0 unspecified atom stereocenters. The minimum Gasteiger partial charge on any atom is -0.466 e. The molecule has 1 aliphatic carbocycles. The first kappa shape index (κ1) is 16.5. The lowest BCUT2D eigenvalue weighted by atomic mass is 9.90. The third kappa shape index (κ3) is 2.74. The van der Waals surface area contributed by atoms with Gasteiger partial charge in [-0.25, -0.2) is 0 Å². The number of rotatable bonds is 6. The molecule has 0 N–H and O–H groups in total. The minimum absolute atomic E-state index is 0.0411. The van der Waals surface area contributed by atoms with Crippen molar-refractivity contribution in [2.75, 3.05) is 19.7 Å². The number of carbonyl (C=O) groups is 2. The van der Waals surface area contributed by atoms with E-state index in [2.05, 4.69) is 0 Å². The Labute approximate surface area is 132 Å². The molecule has 0 bridgehead atoms. The Bertz CT molecular complexity index is 548. The molecular formula is C18H25NO3. The zero-order chi connectivity index (χ0) is 16.3. The van der Waals surface area contributed by atoms with Crippen molar-refractivity contribution in [1.29, 1.82) is 0 Å². The Morgan fingerprint density at radius 2 is 1.77 bits per heavy atom. The molecule has 1 aromatic carbocycles. The number of amides is 1. The van der Waals surface area contributed by atoms with E-state index in [-0.39, 0.29) is 17.8 Å². The summed E-state index contributed by atoms with van der Waals surface area (Å²) in [5, 5.41) is 0. The molecule has 1 amide bonds. The summed E-state index contributed by atoms with van der Waals surface area (Å²) in [6, 6.07) is 7.92. The number of likely N-dealkylation sites (N-methyl/N-ethyl adjacent to an activating group) is 1. The van der Waals surface area contributed by atoms with Crippen LogP contribution in [-0.2, 0) is 19.7 Å². The molecule has 0 saturated heterocycles. The number of benzene rings is 1. The van der Waals surface area contributed by atoms with E-state index in [1.807, 2.05) is 45.0 Å². The maximum atomic E-state index is 13.0. The summed E-state index contributed by atoms with van der Waals surface area (Å²) >= 11 is 0. The first-order valence-corrected chi connectivity index (χ1v) is 8.04. The molecule has 2 rings (SSSR count). The smallest absolute Gasteiger partial charge is 0.310 e. The van der Waals surface area contributed by atoms with Crippen LogP contribution in [0.3, 0.4) is 0 Å². The standard InChI is InChI=1S/C18H25NO3/c1-5-19(6-2)17(21)18(12-15(18)16(20)22-7-3)14-10-8-13(4)9-11-14/h8-11,15H,5-7,12H2,1-4H3/t15-,18+/m0/s1. The number of esters is 1. The van der Waals surface area contributed by atoms with Crippen LogP contribution < -0.4 is 0 Å². The van der Waals surface area contributed by atoms with Gasteiger partial charge >= 0.3 is 5.97 Å². The van der Waals surface area contributed by atoms with Crippen LogP contribution in [0.1, 0.15) is 38.3 Å². The third-order valence-corrected chi connectivity index (χ3v) is 4.53. The number of nitrogens with zero attached hydrogens (tertiary/aromatic N) is 1. The molecule has 1 aliphatic rings. The zero-order valence-corrected chi connectivity index (χ0v) is 13.9. The Morgan fingerprint density at radius 3 is 2.27 bits per heavy atom. The number of ether oxygens (including phenoxy) is 1. The van der Waals surface area contributed by atoms with Crippen molar-refractivity contribution in [2.24, 2.45) is 5.92 Å². The van der Waals surface area contributed by atoms with E-state index in [9.17, 15) is 9.59 Å². The summed E-state index contributed by atoms with van der Waals surface area (Å²) in [6.07, 6.45) is 0.546. The molecule has 0 radical (unpaired) electrons. The van der Waals surface area contributed by atoms with Gasteiger partial charge in [0.25, 0.3) is 0 Å². The maximum absolute atomic E-state index is 13.0. The fourth-order valence-corrected chi connectivity index (χ4v) is 3.11. The fraction of sp³-hybridized carbons (Fsp3) is 0.556. The van der Waals surface area contributed by atoms with E-state index < -0.39 is 5.41 Å². The molecule has 0 aliphatic heterocycles. The van der Waals surface area contributed by atoms with Gasteiger partial charge < -0.3 is 9.64 Å². The fourth-order valence-electron chi connectivity index (χ4n) is 3.11. The second-order valence-corrected chi connectivity index (χ2v) is 5.82. The number of hydrogen-bond donors (Lipinski definition) is 0. The Hall–Kier alpha value is -1.84. The predicted molar refractivity (Wildman–Crippen MR) is 85.5 cm³/mol. The highest BCUT2D eigenvalue weighted by molar-refractivity contribution is 5.99. The molecular weight excluding hydrogens is 278 g/mol. The van der Waals surface area contributed by atoms with Crippen LogP contribution in [0.5, 0.6) is 0 Å². The highest BCUT2D eigenvalue weighted by atomic mass is 16.5. The molecule has 4 nitrogen and oxygen atoms in total. The van der Waals surface area contributed by atoms with Crippen molar-refractivity contribution in [3.8, 4) is 0 Å². The topological polar surface area (TPSA) is 46.6 Å². The molecule has 120 valence electrons. The lowest BCUT2D eigenvalue weighted by molar-refractivity contribution is -0.147. The molecule has 22 heavy (non-hydrogen) atoms. The lowest BCUT2D eigenvalue weighted by Crippen LogP contribution is -2.41. The van der Waals surface area contributed by atoms with E-state index in [0.29, 0.717) is 26.1 Å². The predicted octanol–water partition coefficient (Wildman–Crippen LogP) is 2.68. The van der Waals surface area contributed by atoms with Crippen LogP contribution in [-0.4, -0.2) is 36.5 Å². The second kappa shape index (κ2) is 6.51. The van der Waals surface area contributed by atoms with Crippen molar-refractivity contribution in [1.82, 2.24) is 4.90 Å². The Morgan fingerprint density at radius 1 is 1.18 bits per heavy atom. The van der Waals surface area contributed by atoms with Crippen molar-refractivity contribution < 1.29 is 14.3 Å². The number of hydrogen-bond acceptors (Lipinski definition) is 3. The van der Waals surface area contributed by atoms with Crippen molar-refractivity contribution in [2.45, 2.75) is 39.5 Å². The normalized spacial score (nSPS) is 23.0. The second-order valence-electron chi connectivity index (χ2n) is 5.82. The molecule has 0 spiro atoms. The van der Waals surface area contributed by atoms with E-state index in [1.165, 1.54) is 0 Å². The average molecular weight is 303 g/mol. The van der Waals surface area contributed by atoms with Gasteiger partial charge in [0, 0.05) is 13.1 Å².